The molecule has 0 aliphatic rings. The highest BCUT2D eigenvalue weighted by atomic mass is 31.2. The van der Waals surface area contributed by atoms with Crippen LogP contribution < -0.4 is 11.0 Å². The summed E-state index contributed by atoms with van der Waals surface area (Å²) in [4.78, 5) is 8.46. The molecule has 0 aliphatic carbocycles. The Balaban J connectivity index is 3.75. The zero-order valence-electron chi connectivity index (χ0n) is 5.01. The fourth-order valence-electron chi connectivity index (χ4n) is 0.175. The molecule has 9 heteroatoms. The summed E-state index contributed by atoms with van der Waals surface area (Å²) in [5, 5.41) is 15.6. The molecule has 60 valence electrons. The maximum Gasteiger partial charge on any atom is 0.516 e. The minimum Gasteiger partial charge on any atom is -0.300 e. The van der Waals surface area contributed by atoms with Crippen LogP contribution in [0.5, 0.6) is 0 Å². The van der Waals surface area contributed by atoms with Crippen LogP contribution in [0.3, 0.4) is 0 Å². The molecule has 0 aromatic heterocycles. The molecule has 0 aromatic rings. The lowest BCUT2D eigenvalue weighted by molar-refractivity contribution is 0.0965. The van der Waals surface area contributed by atoms with Gasteiger partial charge in [-0.2, -0.15) is 30.7 Å². The minimum atomic E-state index is -4.39. The molecule has 0 saturated carbocycles. The molecule has 3 N–H and O–H groups in total. The summed E-state index contributed by atoms with van der Waals surface area (Å²) in [6, 6.07) is 0. The van der Waals surface area contributed by atoms with E-state index in [1.165, 1.54) is 23.3 Å². The fraction of sp³-hybridized carbons (Fsp3) is 0. The Kier molecular flexibility index (Phi) is 3.96. The molecule has 0 saturated heterocycles. The topological polar surface area (TPSA) is 127 Å². The number of hydrogen-bond acceptors (Lipinski definition) is 7. The van der Waals surface area contributed by atoms with Crippen molar-refractivity contribution >= 4 is 7.82 Å². The molecule has 8 nitrogen and oxygen atoms in total. The zero-order chi connectivity index (χ0) is 8.74. The van der Waals surface area contributed by atoms with Gasteiger partial charge in [0.05, 0.1) is 0 Å². The van der Waals surface area contributed by atoms with Crippen LogP contribution in [-0.2, 0) is 13.8 Å². The molecule has 0 atom stereocenters. The summed E-state index contributed by atoms with van der Waals surface area (Å²) in [6.07, 6.45) is 2.41. The summed E-state index contributed by atoms with van der Waals surface area (Å²) < 4.78 is 17.9. The van der Waals surface area contributed by atoms with Crippen LogP contribution in [0, 0.1) is 22.9 Å². The second kappa shape index (κ2) is 4.50. The summed E-state index contributed by atoms with van der Waals surface area (Å²) >= 11 is 0. The van der Waals surface area contributed by atoms with Crippen LogP contribution in [0.1, 0.15) is 0 Å². The molecule has 0 heterocycles. The number of phosphoric acid groups is 1. The number of nitriles is 2. The van der Waals surface area contributed by atoms with Crippen molar-refractivity contribution in [1.82, 2.24) is 11.0 Å². The van der Waals surface area contributed by atoms with Crippen LogP contribution >= 0.6 is 7.82 Å². The molecule has 11 heavy (non-hydrogen) atoms. The summed E-state index contributed by atoms with van der Waals surface area (Å²) in [7, 11) is -4.39. The molecule has 0 aliphatic heterocycles. The normalized spacial score (nSPS) is 9.36. The van der Waals surface area contributed by atoms with Crippen molar-refractivity contribution in [2.45, 2.75) is 0 Å². The second-order valence-electron chi connectivity index (χ2n) is 1.08. The molecular weight excluding hydrogens is 175 g/mol. The van der Waals surface area contributed by atoms with E-state index in [2.05, 4.69) is 9.25 Å². The summed E-state index contributed by atoms with van der Waals surface area (Å²) in [6.45, 7) is 0. The number of rotatable bonds is 4. The predicted octanol–water partition coefficient (Wildman–Crippen LogP) is -0.909. The van der Waals surface area contributed by atoms with Gasteiger partial charge in [0.1, 0.15) is 0 Å². The van der Waals surface area contributed by atoms with Gasteiger partial charge in [-0.25, -0.2) is 4.57 Å². The van der Waals surface area contributed by atoms with E-state index in [1.54, 1.807) is 0 Å². The van der Waals surface area contributed by atoms with E-state index < -0.39 is 7.82 Å². The van der Waals surface area contributed by atoms with E-state index in [0.29, 0.717) is 0 Å². The van der Waals surface area contributed by atoms with Gasteiger partial charge in [0.25, 0.3) is 0 Å². The quantitative estimate of drug-likeness (QED) is 0.218. The average Bonchev–Trinajstić information content (AvgIpc) is 1.97. The van der Waals surface area contributed by atoms with Crippen molar-refractivity contribution in [2.75, 3.05) is 0 Å². The third-order valence-electron chi connectivity index (χ3n) is 0.413. The first-order valence-electron chi connectivity index (χ1n) is 2.10. The Labute approximate surface area is 61.5 Å². The highest BCUT2D eigenvalue weighted by Gasteiger charge is 2.21. The Morgan fingerprint density at radius 1 is 1.27 bits per heavy atom. The summed E-state index contributed by atoms with van der Waals surface area (Å²) in [5.74, 6) is 0. The van der Waals surface area contributed by atoms with E-state index in [0.717, 1.165) is 0 Å². The smallest absolute Gasteiger partial charge is 0.300 e. The largest absolute Gasteiger partial charge is 0.516 e. The minimum absolute atomic E-state index is 1.21. The highest BCUT2D eigenvalue weighted by Crippen LogP contribution is 2.40. The standard InChI is InChI=1S/C2H3N4O4P/c3-1-5-9-11(7,8)10-6-2-4/h5-6H,(H,7,8). The Hall–Kier alpha value is -1.31. The van der Waals surface area contributed by atoms with Gasteiger partial charge in [0.2, 0.25) is 12.4 Å². The molecular formula is C2H3N4O4P. The van der Waals surface area contributed by atoms with Crippen LogP contribution in [0.4, 0.5) is 0 Å². The third-order valence-corrected chi connectivity index (χ3v) is 1.06. The molecule has 0 unspecified atom stereocenters. The monoisotopic (exact) mass is 178 g/mol. The molecule has 0 amide bonds. The Bertz CT molecular complexity index is 217. The van der Waals surface area contributed by atoms with Gasteiger partial charge in [-0.15, -0.1) is 0 Å². The van der Waals surface area contributed by atoms with Crippen LogP contribution in [-0.4, -0.2) is 4.89 Å². The maximum atomic E-state index is 10.4. The van der Waals surface area contributed by atoms with Gasteiger partial charge < -0.3 is 0 Å². The predicted molar refractivity (Wildman–Crippen MR) is 29.5 cm³/mol. The first kappa shape index (κ1) is 9.69. The Morgan fingerprint density at radius 2 is 1.64 bits per heavy atom. The third kappa shape index (κ3) is 5.15. The van der Waals surface area contributed by atoms with Crippen LogP contribution in [0.25, 0.3) is 0 Å². The fourth-order valence-corrected chi connectivity index (χ4v) is 0.524. The molecule has 0 fully saturated rings. The second-order valence-corrected chi connectivity index (χ2v) is 2.38. The van der Waals surface area contributed by atoms with E-state index in [-0.39, 0.29) is 0 Å². The lowest BCUT2D eigenvalue weighted by Gasteiger charge is -2.05. The number of nitrogens with zero attached hydrogens (tertiary/aromatic N) is 2. The van der Waals surface area contributed by atoms with Crippen molar-refractivity contribution < 1.29 is 18.7 Å². The van der Waals surface area contributed by atoms with Gasteiger partial charge in [0.15, 0.2) is 0 Å². The molecule has 0 aromatic carbocycles. The number of nitrogens with one attached hydrogen (secondary N) is 2. The first-order valence-corrected chi connectivity index (χ1v) is 3.60. The van der Waals surface area contributed by atoms with Crippen molar-refractivity contribution in [3.8, 4) is 12.4 Å². The maximum absolute atomic E-state index is 10.4. The molecule has 0 bridgehead atoms. The number of hydroxylamine groups is 2. The first-order chi connectivity index (χ1) is 5.12. The Morgan fingerprint density at radius 3 is 1.91 bits per heavy atom. The van der Waals surface area contributed by atoms with Crippen LogP contribution in [0.2, 0.25) is 0 Å². The van der Waals surface area contributed by atoms with Crippen molar-refractivity contribution in [1.29, 1.82) is 10.5 Å². The van der Waals surface area contributed by atoms with Gasteiger partial charge in [-0.3, -0.25) is 4.89 Å². The molecule has 0 spiro atoms. The van der Waals surface area contributed by atoms with Gasteiger partial charge >= 0.3 is 7.82 Å². The number of hydrogen-bond donors (Lipinski definition) is 3. The van der Waals surface area contributed by atoms with Gasteiger partial charge in [0, 0.05) is 0 Å². The SMILES string of the molecule is N#CNOP(=O)(O)ONC#N. The zero-order valence-corrected chi connectivity index (χ0v) is 5.91. The molecule has 0 rings (SSSR count). The summed E-state index contributed by atoms with van der Waals surface area (Å²) in [5.41, 5.74) is 2.83. The molecule has 0 radical (unpaired) electrons. The van der Waals surface area contributed by atoms with E-state index >= 15 is 0 Å². The van der Waals surface area contributed by atoms with E-state index in [4.69, 9.17) is 15.4 Å². The van der Waals surface area contributed by atoms with E-state index in [9.17, 15) is 4.57 Å². The van der Waals surface area contributed by atoms with E-state index in [1.807, 2.05) is 0 Å². The average molecular weight is 178 g/mol. The lowest BCUT2D eigenvalue weighted by Crippen LogP contribution is -2.11. The lowest BCUT2D eigenvalue weighted by atomic mass is 11.5. The highest BCUT2D eigenvalue weighted by molar-refractivity contribution is 7.47. The van der Waals surface area contributed by atoms with Crippen molar-refractivity contribution in [2.24, 2.45) is 0 Å². The van der Waals surface area contributed by atoms with Crippen LogP contribution in [0.15, 0.2) is 0 Å². The van der Waals surface area contributed by atoms with Crippen molar-refractivity contribution in [3.63, 3.8) is 0 Å². The van der Waals surface area contributed by atoms with Crippen molar-refractivity contribution in [3.05, 3.63) is 0 Å². The van der Waals surface area contributed by atoms with Gasteiger partial charge in [-0.05, 0) is 0 Å². The van der Waals surface area contributed by atoms with Gasteiger partial charge in [-0.1, -0.05) is 0 Å².